The lowest BCUT2D eigenvalue weighted by Gasteiger charge is -2.36. The molecule has 2 aliphatic heterocycles. The maximum Gasteiger partial charge on any atom is 0.326 e. The van der Waals surface area contributed by atoms with Gasteiger partial charge in [-0.05, 0) is 13.8 Å². The van der Waals surface area contributed by atoms with Gasteiger partial charge < -0.3 is 14.7 Å². The summed E-state index contributed by atoms with van der Waals surface area (Å²) in [5.74, 6) is 0.426. The Hall–Kier alpha value is -2.71. The van der Waals surface area contributed by atoms with E-state index in [-0.39, 0.29) is 24.3 Å². The quantitative estimate of drug-likeness (QED) is 0.706. The van der Waals surface area contributed by atoms with Crippen molar-refractivity contribution in [3.05, 3.63) is 17.6 Å². The average molecular weight is 360 g/mol. The number of likely N-dealkylation sites (N-methyl/N-ethyl adjacent to an activating group) is 2. The Labute approximate surface area is 152 Å². The molecule has 0 N–H and O–H groups in total. The molecule has 1 aromatic rings. The molecule has 2 fully saturated rings. The molecule has 2 saturated heterocycles. The normalized spacial score (nSPS) is 21.0. The molecule has 2 aliphatic rings. The molecule has 140 valence electrons. The third-order valence-corrected chi connectivity index (χ3v) is 5.02. The molecule has 0 aliphatic carbocycles. The van der Waals surface area contributed by atoms with E-state index in [9.17, 15) is 14.4 Å². The maximum atomic E-state index is 12.6. The number of carbonyl (C=O) groups is 3. The molecular weight excluding hydrogens is 336 g/mol. The smallest absolute Gasteiger partial charge is 0.326 e. The topological polar surface area (TPSA) is 90.0 Å². The van der Waals surface area contributed by atoms with Gasteiger partial charge >= 0.3 is 6.03 Å². The molecule has 0 unspecified atom stereocenters. The SMILES string of the molecule is Cc1cnc(C)c(N2CCN(C(=O)C[C@H]3C(=O)N(C)C(=O)N3C)CC2)n1. The number of aryl methyl sites for hydroxylation is 2. The van der Waals surface area contributed by atoms with Gasteiger partial charge in [0.15, 0.2) is 0 Å². The zero-order valence-corrected chi connectivity index (χ0v) is 15.6. The second-order valence-electron chi connectivity index (χ2n) is 6.80. The van der Waals surface area contributed by atoms with Crippen molar-refractivity contribution in [3.63, 3.8) is 0 Å². The number of hydrogen-bond acceptors (Lipinski definition) is 6. The van der Waals surface area contributed by atoms with Gasteiger partial charge in [0.05, 0.1) is 17.8 Å². The van der Waals surface area contributed by atoms with Crippen LogP contribution in [0.25, 0.3) is 0 Å². The monoisotopic (exact) mass is 360 g/mol. The number of piperazine rings is 1. The third-order valence-electron chi connectivity index (χ3n) is 5.02. The van der Waals surface area contributed by atoms with Crippen LogP contribution in [-0.2, 0) is 9.59 Å². The summed E-state index contributed by atoms with van der Waals surface area (Å²) in [6, 6.07) is -1.07. The van der Waals surface area contributed by atoms with E-state index in [0.29, 0.717) is 26.2 Å². The lowest BCUT2D eigenvalue weighted by atomic mass is 10.1. The first-order chi connectivity index (χ1) is 12.3. The van der Waals surface area contributed by atoms with Crippen LogP contribution in [0.3, 0.4) is 0 Å². The summed E-state index contributed by atoms with van der Waals surface area (Å²) in [5.41, 5.74) is 1.73. The second kappa shape index (κ2) is 6.89. The molecule has 26 heavy (non-hydrogen) atoms. The second-order valence-corrected chi connectivity index (χ2v) is 6.80. The molecule has 1 aromatic heterocycles. The molecule has 4 amide bonds. The fraction of sp³-hybridized carbons (Fsp3) is 0.588. The fourth-order valence-electron chi connectivity index (χ4n) is 3.36. The number of aromatic nitrogens is 2. The summed E-state index contributed by atoms with van der Waals surface area (Å²) in [4.78, 5) is 51.7. The van der Waals surface area contributed by atoms with E-state index in [1.165, 1.54) is 11.9 Å². The van der Waals surface area contributed by atoms with Gasteiger partial charge in [-0.1, -0.05) is 0 Å². The van der Waals surface area contributed by atoms with Crippen LogP contribution in [0.15, 0.2) is 6.20 Å². The first-order valence-electron chi connectivity index (χ1n) is 8.67. The molecular formula is C17H24N6O3. The number of hydrogen-bond donors (Lipinski definition) is 0. The molecule has 9 heteroatoms. The molecule has 0 aromatic carbocycles. The Bertz CT molecular complexity index is 744. The summed E-state index contributed by atoms with van der Waals surface area (Å²) in [5, 5.41) is 0. The molecule has 0 bridgehead atoms. The predicted molar refractivity (Wildman–Crippen MR) is 94.6 cm³/mol. The number of rotatable bonds is 3. The van der Waals surface area contributed by atoms with Crippen molar-refractivity contribution in [2.24, 2.45) is 0 Å². The molecule has 0 spiro atoms. The van der Waals surface area contributed by atoms with Crippen LogP contribution in [0.5, 0.6) is 0 Å². The van der Waals surface area contributed by atoms with Gasteiger partial charge in [0.25, 0.3) is 5.91 Å². The van der Waals surface area contributed by atoms with Crippen molar-refractivity contribution in [2.75, 3.05) is 45.2 Å². The van der Waals surface area contributed by atoms with Crippen LogP contribution >= 0.6 is 0 Å². The summed E-state index contributed by atoms with van der Waals surface area (Å²) in [6.07, 6.45) is 1.76. The Morgan fingerprint density at radius 2 is 1.81 bits per heavy atom. The van der Waals surface area contributed by atoms with Crippen molar-refractivity contribution in [1.29, 1.82) is 0 Å². The largest absolute Gasteiger partial charge is 0.352 e. The predicted octanol–water partition coefficient (Wildman–Crippen LogP) is 0.0245. The van der Waals surface area contributed by atoms with Gasteiger partial charge in [-0.2, -0.15) is 0 Å². The first-order valence-corrected chi connectivity index (χ1v) is 8.67. The van der Waals surface area contributed by atoms with Crippen LogP contribution in [0.4, 0.5) is 10.6 Å². The van der Waals surface area contributed by atoms with Gasteiger partial charge in [0.1, 0.15) is 11.9 Å². The van der Waals surface area contributed by atoms with Crippen molar-refractivity contribution in [1.82, 2.24) is 24.7 Å². The number of imide groups is 1. The van der Waals surface area contributed by atoms with E-state index >= 15 is 0 Å². The molecule has 1 atom stereocenters. The van der Waals surface area contributed by atoms with E-state index < -0.39 is 6.04 Å². The highest BCUT2D eigenvalue weighted by Gasteiger charge is 2.42. The molecule has 0 saturated carbocycles. The number of nitrogens with zero attached hydrogens (tertiary/aromatic N) is 6. The lowest BCUT2D eigenvalue weighted by molar-refractivity contribution is -0.136. The van der Waals surface area contributed by atoms with E-state index in [4.69, 9.17) is 0 Å². The number of urea groups is 1. The Balaban J connectivity index is 1.60. The van der Waals surface area contributed by atoms with Crippen molar-refractivity contribution < 1.29 is 14.4 Å². The zero-order valence-electron chi connectivity index (χ0n) is 15.6. The molecule has 3 rings (SSSR count). The standard InChI is InChI=1S/C17H24N6O3/c1-11-10-18-12(2)15(19-11)23-7-5-22(6-8-23)14(24)9-13-16(25)21(4)17(26)20(13)3/h10,13H,5-9H2,1-4H3/t13-/m0/s1. The summed E-state index contributed by atoms with van der Waals surface area (Å²) < 4.78 is 0. The Morgan fingerprint density at radius 1 is 1.15 bits per heavy atom. The number of amides is 4. The average Bonchev–Trinajstić information content (AvgIpc) is 2.81. The van der Waals surface area contributed by atoms with Gasteiger partial charge in [-0.3, -0.25) is 19.5 Å². The van der Waals surface area contributed by atoms with Gasteiger partial charge in [-0.25, -0.2) is 9.78 Å². The van der Waals surface area contributed by atoms with Crippen LogP contribution in [0.2, 0.25) is 0 Å². The van der Waals surface area contributed by atoms with E-state index in [1.54, 1.807) is 18.1 Å². The minimum absolute atomic E-state index is 0.0225. The Kier molecular flexibility index (Phi) is 4.80. The van der Waals surface area contributed by atoms with Gasteiger partial charge in [0, 0.05) is 46.5 Å². The molecule has 9 nitrogen and oxygen atoms in total. The summed E-state index contributed by atoms with van der Waals surface area (Å²) in [7, 11) is 2.99. The lowest BCUT2D eigenvalue weighted by Crippen LogP contribution is -2.50. The number of anilines is 1. The van der Waals surface area contributed by atoms with Gasteiger partial charge in [-0.15, -0.1) is 0 Å². The van der Waals surface area contributed by atoms with Crippen LogP contribution in [0.1, 0.15) is 17.8 Å². The highest BCUT2D eigenvalue weighted by molar-refractivity contribution is 6.05. The molecule has 3 heterocycles. The minimum Gasteiger partial charge on any atom is -0.352 e. The molecule has 0 radical (unpaired) electrons. The zero-order chi connectivity index (χ0) is 19.0. The van der Waals surface area contributed by atoms with Crippen LogP contribution in [0, 0.1) is 13.8 Å². The van der Waals surface area contributed by atoms with E-state index in [1.807, 2.05) is 13.8 Å². The number of carbonyl (C=O) groups excluding carboxylic acids is 3. The third kappa shape index (κ3) is 3.21. The van der Waals surface area contributed by atoms with E-state index in [2.05, 4.69) is 14.9 Å². The highest BCUT2D eigenvalue weighted by Crippen LogP contribution is 2.20. The van der Waals surface area contributed by atoms with Gasteiger partial charge in [0.2, 0.25) is 5.91 Å². The first kappa shape index (κ1) is 18.1. The van der Waals surface area contributed by atoms with Crippen molar-refractivity contribution >= 4 is 23.7 Å². The van der Waals surface area contributed by atoms with E-state index in [0.717, 1.165) is 22.1 Å². The highest BCUT2D eigenvalue weighted by atomic mass is 16.2. The minimum atomic E-state index is -0.706. The van der Waals surface area contributed by atoms with Crippen LogP contribution in [-0.4, -0.2) is 88.8 Å². The maximum absolute atomic E-state index is 12.6. The van der Waals surface area contributed by atoms with Crippen molar-refractivity contribution in [2.45, 2.75) is 26.3 Å². The Morgan fingerprint density at radius 3 is 2.38 bits per heavy atom. The summed E-state index contributed by atoms with van der Waals surface area (Å²) in [6.45, 7) is 6.28. The summed E-state index contributed by atoms with van der Waals surface area (Å²) >= 11 is 0. The van der Waals surface area contributed by atoms with Crippen molar-refractivity contribution in [3.8, 4) is 0 Å². The van der Waals surface area contributed by atoms with Crippen LogP contribution < -0.4 is 4.90 Å². The fourth-order valence-corrected chi connectivity index (χ4v) is 3.36.